The van der Waals surface area contributed by atoms with Crippen LogP contribution in [0.3, 0.4) is 0 Å². The predicted molar refractivity (Wildman–Crippen MR) is 147 cm³/mol. The van der Waals surface area contributed by atoms with Crippen LogP contribution < -0.4 is 32.7 Å². The molecule has 0 atom stereocenters. The lowest BCUT2D eigenvalue weighted by atomic mass is 10.1. The lowest BCUT2D eigenvalue weighted by molar-refractivity contribution is 0.563. The molecule has 0 aromatic heterocycles. The number of nitrogens with two attached hydrogens (primary N) is 2. The fourth-order valence-electron chi connectivity index (χ4n) is 3.74. The Kier molecular flexibility index (Phi) is 16.6. The molecule has 8 nitrogen and oxygen atoms in total. The highest BCUT2D eigenvalue weighted by molar-refractivity contribution is 5.96. The average Bonchev–Trinajstić information content (AvgIpc) is 2.78. The van der Waals surface area contributed by atoms with Gasteiger partial charge in [-0.05, 0) is 64.5 Å². The van der Waals surface area contributed by atoms with Crippen LogP contribution in [0.2, 0.25) is 0 Å². The second-order valence-corrected chi connectivity index (χ2v) is 9.63. The lowest BCUT2D eigenvalue weighted by Crippen LogP contribution is -2.41. The van der Waals surface area contributed by atoms with Gasteiger partial charge in [-0.2, -0.15) is 0 Å². The maximum atomic E-state index is 5.91. The van der Waals surface area contributed by atoms with Gasteiger partial charge in [0.25, 0.3) is 0 Å². The van der Waals surface area contributed by atoms with Crippen molar-refractivity contribution in [2.75, 3.05) is 26.2 Å². The van der Waals surface area contributed by atoms with E-state index < -0.39 is 0 Å². The molecule has 0 saturated carbocycles. The Bertz CT molecular complexity index is 614. The van der Waals surface area contributed by atoms with Crippen LogP contribution in [-0.2, 0) is 0 Å². The standard InChI is InChI=1S/C26H52N8/c1-21(2)23-29-17-13-9-5-7-11-15-19-31-25(27)34-26(28)32-20-16-12-8-6-10-14-18-30-24(33-23)22(3)4/h29-30,33H,5-20H2,1-4H3,(H5,27,28,31,32,34). The third kappa shape index (κ3) is 15.5. The minimum absolute atomic E-state index is 0.363. The van der Waals surface area contributed by atoms with Crippen LogP contribution in [0.1, 0.15) is 105 Å². The van der Waals surface area contributed by atoms with Gasteiger partial charge in [0.1, 0.15) is 11.6 Å². The van der Waals surface area contributed by atoms with E-state index in [1.165, 1.54) is 75.4 Å². The number of rotatable bonds is 0. The zero-order valence-corrected chi connectivity index (χ0v) is 22.4. The number of nitrogens with one attached hydrogen (secondary N) is 4. The molecule has 1 heterocycles. The molecule has 0 unspecified atom stereocenters. The largest absolute Gasteiger partial charge is 0.372 e. The molecule has 8 heteroatoms. The third-order valence-electron chi connectivity index (χ3n) is 5.84. The Morgan fingerprint density at radius 3 is 1.26 bits per heavy atom. The summed E-state index contributed by atoms with van der Waals surface area (Å²) in [5.74, 6) is 2.97. The summed E-state index contributed by atoms with van der Waals surface area (Å²) in [5.41, 5.74) is 14.4. The van der Waals surface area contributed by atoms with E-state index in [2.05, 4.69) is 58.9 Å². The summed E-state index contributed by atoms with van der Waals surface area (Å²) in [6.45, 7) is 12.0. The molecule has 0 aromatic rings. The number of hydrogen-bond donors (Lipinski definition) is 6. The van der Waals surface area contributed by atoms with Crippen molar-refractivity contribution >= 4 is 11.9 Å². The molecule has 8 N–H and O–H groups in total. The van der Waals surface area contributed by atoms with Gasteiger partial charge in [0.05, 0.1) is 0 Å². The normalized spacial score (nSPS) is 19.9. The molecule has 0 amide bonds. The first kappa shape index (κ1) is 29.7. The number of nitrogens with zero attached hydrogens (tertiary/aromatic N) is 2. The summed E-state index contributed by atoms with van der Waals surface area (Å²) in [6.07, 6.45) is 14.2. The maximum absolute atomic E-state index is 5.91. The molecule has 1 aliphatic rings. The number of allylic oxidation sites excluding steroid dienone is 2. The van der Waals surface area contributed by atoms with Crippen LogP contribution in [0.5, 0.6) is 0 Å². The molecule has 0 aliphatic carbocycles. The van der Waals surface area contributed by atoms with Gasteiger partial charge >= 0.3 is 0 Å². The number of guanidine groups is 2. The molecule has 0 bridgehead atoms. The van der Waals surface area contributed by atoms with E-state index in [-0.39, 0.29) is 0 Å². The minimum atomic E-state index is 0.363. The van der Waals surface area contributed by atoms with E-state index in [0.717, 1.165) is 50.7 Å². The Morgan fingerprint density at radius 1 is 0.529 bits per heavy atom. The molecule has 1 aliphatic heterocycles. The van der Waals surface area contributed by atoms with E-state index >= 15 is 0 Å². The first-order valence-electron chi connectivity index (χ1n) is 13.4. The van der Waals surface area contributed by atoms with E-state index in [1.807, 2.05) is 0 Å². The highest BCUT2D eigenvalue weighted by Crippen LogP contribution is 2.08. The van der Waals surface area contributed by atoms with Gasteiger partial charge < -0.3 is 27.4 Å². The SMILES string of the molecule is CC(C)=C1NCCCCCCCCN=C(N)NC(N)=NCCCCCCCCNC(=C(C)C)N1. The third-order valence-corrected chi connectivity index (χ3v) is 5.84. The molecule has 0 saturated heterocycles. The molecule has 196 valence electrons. The second-order valence-electron chi connectivity index (χ2n) is 9.63. The highest BCUT2D eigenvalue weighted by atomic mass is 15.2. The fraction of sp³-hybridized carbons (Fsp3) is 0.769. The van der Waals surface area contributed by atoms with Gasteiger partial charge in [-0.15, -0.1) is 0 Å². The monoisotopic (exact) mass is 476 g/mol. The topological polar surface area (TPSA) is 125 Å². The van der Waals surface area contributed by atoms with E-state index in [4.69, 9.17) is 11.5 Å². The number of aliphatic imine (C=N–C) groups is 2. The van der Waals surface area contributed by atoms with Crippen molar-refractivity contribution < 1.29 is 0 Å². The molecular formula is C26H52N8. The summed E-state index contributed by atoms with van der Waals surface area (Å²) in [6, 6.07) is 0. The Hall–Kier alpha value is -2.38. The van der Waals surface area contributed by atoms with Crippen LogP contribution in [-0.4, -0.2) is 38.1 Å². The van der Waals surface area contributed by atoms with Crippen molar-refractivity contribution in [3.63, 3.8) is 0 Å². The Labute approximate surface area is 208 Å². The lowest BCUT2D eigenvalue weighted by Gasteiger charge is -2.20. The van der Waals surface area contributed by atoms with Gasteiger partial charge in [-0.25, -0.2) is 0 Å². The van der Waals surface area contributed by atoms with Crippen molar-refractivity contribution in [3.8, 4) is 0 Å². The van der Waals surface area contributed by atoms with Crippen LogP contribution in [0, 0.1) is 0 Å². The smallest absolute Gasteiger partial charge is 0.195 e. The van der Waals surface area contributed by atoms with Gasteiger partial charge in [-0.3, -0.25) is 15.3 Å². The first-order valence-corrected chi connectivity index (χ1v) is 13.4. The van der Waals surface area contributed by atoms with Gasteiger partial charge in [0.15, 0.2) is 11.9 Å². The van der Waals surface area contributed by atoms with Crippen molar-refractivity contribution in [2.24, 2.45) is 21.5 Å². The first-order chi connectivity index (χ1) is 16.4. The zero-order valence-electron chi connectivity index (χ0n) is 22.4. The van der Waals surface area contributed by atoms with Gasteiger partial charge in [-0.1, -0.05) is 51.4 Å². The van der Waals surface area contributed by atoms with Crippen molar-refractivity contribution in [3.05, 3.63) is 22.8 Å². The molecule has 0 aromatic carbocycles. The van der Waals surface area contributed by atoms with Gasteiger partial charge in [0.2, 0.25) is 0 Å². The van der Waals surface area contributed by atoms with Crippen LogP contribution in [0.25, 0.3) is 0 Å². The Morgan fingerprint density at radius 2 is 0.882 bits per heavy atom. The summed E-state index contributed by atoms with van der Waals surface area (Å²) in [4.78, 5) is 8.72. The average molecular weight is 477 g/mol. The molecule has 0 fully saturated rings. The summed E-state index contributed by atoms with van der Waals surface area (Å²) in [7, 11) is 0. The summed E-state index contributed by atoms with van der Waals surface area (Å²) < 4.78 is 0. The van der Waals surface area contributed by atoms with Crippen LogP contribution in [0.4, 0.5) is 0 Å². The molecule has 0 spiro atoms. The van der Waals surface area contributed by atoms with E-state index in [1.54, 1.807) is 0 Å². The van der Waals surface area contributed by atoms with Crippen LogP contribution in [0.15, 0.2) is 32.8 Å². The highest BCUT2D eigenvalue weighted by Gasteiger charge is 2.05. The number of hydrogen-bond acceptors (Lipinski definition) is 8. The van der Waals surface area contributed by atoms with Crippen molar-refractivity contribution in [2.45, 2.75) is 105 Å². The summed E-state index contributed by atoms with van der Waals surface area (Å²) >= 11 is 0. The second kappa shape index (κ2) is 19.0. The Balaban J connectivity index is 2.58. The van der Waals surface area contributed by atoms with Gasteiger partial charge in [0, 0.05) is 26.2 Å². The maximum Gasteiger partial charge on any atom is 0.195 e. The summed E-state index contributed by atoms with van der Waals surface area (Å²) in [5, 5.41) is 13.7. The van der Waals surface area contributed by atoms with Crippen molar-refractivity contribution in [1.82, 2.24) is 21.3 Å². The van der Waals surface area contributed by atoms with E-state index in [0.29, 0.717) is 11.9 Å². The quantitative estimate of drug-likeness (QED) is 0.312. The fourth-order valence-corrected chi connectivity index (χ4v) is 3.74. The molecule has 1 rings (SSSR count). The molecule has 0 radical (unpaired) electrons. The molecular weight excluding hydrogens is 424 g/mol. The van der Waals surface area contributed by atoms with E-state index in [9.17, 15) is 0 Å². The predicted octanol–water partition coefficient (Wildman–Crippen LogP) is 4.17. The van der Waals surface area contributed by atoms with Crippen molar-refractivity contribution in [1.29, 1.82) is 0 Å². The van der Waals surface area contributed by atoms with Crippen LogP contribution >= 0.6 is 0 Å². The molecule has 34 heavy (non-hydrogen) atoms. The minimum Gasteiger partial charge on any atom is -0.372 e. The zero-order chi connectivity index (χ0) is 25.0.